The molecule has 2 rings (SSSR count). The predicted molar refractivity (Wildman–Crippen MR) is 71.5 cm³/mol. The molecule has 1 heterocycles. The number of piperazine rings is 1. The Morgan fingerprint density at radius 3 is 2.35 bits per heavy atom. The predicted octanol–water partition coefficient (Wildman–Crippen LogP) is 3.23. The van der Waals surface area contributed by atoms with Crippen molar-refractivity contribution in [3.63, 3.8) is 0 Å². The van der Waals surface area contributed by atoms with E-state index < -0.39 is 23.6 Å². The SMILES string of the molecule is C[C@@H](c1c(F)cccc1C(F)(F)F)N1CCNCC1.Cl. The molecule has 0 aromatic heterocycles. The number of rotatable bonds is 2. The van der Waals surface area contributed by atoms with Crippen LogP contribution in [0.3, 0.4) is 0 Å². The van der Waals surface area contributed by atoms with Crippen molar-refractivity contribution in [3.05, 3.63) is 35.1 Å². The fraction of sp³-hybridized carbons (Fsp3) is 0.538. The lowest BCUT2D eigenvalue weighted by Gasteiger charge is -2.34. The second-order valence-electron chi connectivity index (χ2n) is 4.66. The molecule has 1 atom stereocenters. The van der Waals surface area contributed by atoms with E-state index in [2.05, 4.69) is 5.32 Å². The highest BCUT2D eigenvalue weighted by Gasteiger charge is 2.37. The molecule has 114 valence electrons. The van der Waals surface area contributed by atoms with Crippen LogP contribution in [0.4, 0.5) is 17.6 Å². The smallest absolute Gasteiger partial charge is 0.314 e. The molecule has 0 bridgehead atoms. The van der Waals surface area contributed by atoms with Gasteiger partial charge in [0.1, 0.15) is 5.82 Å². The quantitative estimate of drug-likeness (QED) is 0.844. The summed E-state index contributed by atoms with van der Waals surface area (Å²) in [7, 11) is 0. The maximum Gasteiger partial charge on any atom is 0.416 e. The van der Waals surface area contributed by atoms with Crippen molar-refractivity contribution in [2.45, 2.75) is 19.1 Å². The van der Waals surface area contributed by atoms with Crippen LogP contribution in [-0.2, 0) is 6.18 Å². The summed E-state index contributed by atoms with van der Waals surface area (Å²) < 4.78 is 52.7. The van der Waals surface area contributed by atoms with E-state index in [-0.39, 0.29) is 18.0 Å². The lowest BCUT2D eigenvalue weighted by molar-refractivity contribution is -0.139. The highest BCUT2D eigenvalue weighted by Crippen LogP contribution is 2.37. The minimum Gasteiger partial charge on any atom is -0.314 e. The Labute approximate surface area is 121 Å². The van der Waals surface area contributed by atoms with E-state index in [9.17, 15) is 17.6 Å². The first-order valence-electron chi connectivity index (χ1n) is 6.21. The van der Waals surface area contributed by atoms with Gasteiger partial charge in [-0.05, 0) is 19.1 Å². The van der Waals surface area contributed by atoms with Crippen LogP contribution < -0.4 is 5.32 Å². The van der Waals surface area contributed by atoms with Gasteiger partial charge in [0.25, 0.3) is 0 Å². The lowest BCUT2D eigenvalue weighted by Crippen LogP contribution is -2.45. The molecule has 7 heteroatoms. The number of hydrogen-bond acceptors (Lipinski definition) is 2. The standard InChI is InChI=1S/C13H16F4N2.ClH/c1-9(19-7-5-18-6-8-19)12-10(13(15,16)17)3-2-4-11(12)14;/h2-4,9,18H,5-8H2,1H3;1H/t9-;/m0./s1. The fourth-order valence-corrected chi connectivity index (χ4v) is 2.46. The zero-order valence-electron chi connectivity index (χ0n) is 11.0. The van der Waals surface area contributed by atoms with E-state index in [4.69, 9.17) is 0 Å². The average molecular weight is 313 g/mol. The topological polar surface area (TPSA) is 15.3 Å². The number of alkyl halides is 3. The molecule has 20 heavy (non-hydrogen) atoms. The van der Waals surface area contributed by atoms with Gasteiger partial charge in [-0.15, -0.1) is 12.4 Å². The third-order valence-corrected chi connectivity index (χ3v) is 3.48. The lowest BCUT2D eigenvalue weighted by atomic mass is 9.98. The van der Waals surface area contributed by atoms with Gasteiger partial charge in [-0.1, -0.05) is 6.07 Å². The van der Waals surface area contributed by atoms with Crippen LogP contribution in [-0.4, -0.2) is 31.1 Å². The maximum absolute atomic E-state index is 13.8. The molecule has 0 radical (unpaired) electrons. The Bertz CT molecular complexity index is 444. The summed E-state index contributed by atoms with van der Waals surface area (Å²) in [5.41, 5.74) is -1.13. The molecular formula is C13H17ClF4N2. The zero-order valence-corrected chi connectivity index (χ0v) is 11.8. The molecule has 1 aromatic rings. The van der Waals surface area contributed by atoms with Gasteiger partial charge in [0.2, 0.25) is 0 Å². The number of hydrogen-bond donors (Lipinski definition) is 1. The molecule has 0 saturated carbocycles. The first-order chi connectivity index (χ1) is 8.91. The normalized spacial score (nSPS) is 18.4. The van der Waals surface area contributed by atoms with Crippen molar-refractivity contribution in [3.8, 4) is 0 Å². The van der Waals surface area contributed by atoms with Gasteiger partial charge in [-0.3, -0.25) is 4.90 Å². The molecule has 2 nitrogen and oxygen atoms in total. The number of nitrogens with zero attached hydrogens (tertiary/aromatic N) is 1. The molecular weight excluding hydrogens is 296 g/mol. The molecule has 0 unspecified atom stereocenters. The van der Waals surface area contributed by atoms with Crippen molar-refractivity contribution >= 4 is 12.4 Å². The van der Waals surface area contributed by atoms with Gasteiger partial charge in [-0.2, -0.15) is 13.2 Å². The van der Waals surface area contributed by atoms with Crippen molar-refractivity contribution < 1.29 is 17.6 Å². The van der Waals surface area contributed by atoms with Gasteiger partial charge < -0.3 is 5.32 Å². The first kappa shape index (κ1) is 17.2. The highest BCUT2D eigenvalue weighted by molar-refractivity contribution is 5.85. The number of halogens is 5. The average Bonchev–Trinajstić information content (AvgIpc) is 2.37. The minimum absolute atomic E-state index is 0. The second kappa shape index (κ2) is 6.74. The van der Waals surface area contributed by atoms with E-state index >= 15 is 0 Å². The van der Waals surface area contributed by atoms with E-state index in [1.54, 1.807) is 6.92 Å². The minimum atomic E-state index is -4.53. The van der Waals surface area contributed by atoms with E-state index in [1.807, 2.05) is 4.90 Å². The van der Waals surface area contributed by atoms with Crippen LogP contribution in [0.15, 0.2) is 18.2 Å². The summed E-state index contributed by atoms with van der Waals surface area (Å²) in [6.45, 7) is 4.28. The van der Waals surface area contributed by atoms with Gasteiger partial charge in [0.15, 0.2) is 0 Å². The van der Waals surface area contributed by atoms with Gasteiger partial charge in [0, 0.05) is 37.8 Å². The highest BCUT2D eigenvalue weighted by atomic mass is 35.5. The van der Waals surface area contributed by atoms with Crippen LogP contribution in [0, 0.1) is 5.82 Å². The molecule has 0 spiro atoms. The molecule has 1 saturated heterocycles. The summed E-state index contributed by atoms with van der Waals surface area (Å²) in [6.07, 6.45) is -4.53. The Morgan fingerprint density at radius 1 is 1.20 bits per heavy atom. The molecule has 1 N–H and O–H groups in total. The van der Waals surface area contributed by atoms with Gasteiger partial charge >= 0.3 is 6.18 Å². The molecule has 1 aromatic carbocycles. The van der Waals surface area contributed by atoms with Crippen molar-refractivity contribution in [1.29, 1.82) is 0 Å². The van der Waals surface area contributed by atoms with Gasteiger partial charge in [-0.25, -0.2) is 4.39 Å². The molecule has 0 aliphatic carbocycles. The second-order valence-corrected chi connectivity index (χ2v) is 4.66. The van der Waals surface area contributed by atoms with Gasteiger partial charge in [0.05, 0.1) is 5.56 Å². The van der Waals surface area contributed by atoms with Crippen LogP contribution in [0.2, 0.25) is 0 Å². The molecule has 1 aliphatic heterocycles. The Morgan fingerprint density at radius 2 is 1.80 bits per heavy atom. The molecule has 0 amide bonds. The zero-order chi connectivity index (χ0) is 14.0. The number of benzene rings is 1. The monoisotopic (exact) mass is 312 g/mol. The van der Waals surface area contributed by atoms with Crippen LogP contribution in [0.1, 0.15) is 24.1 Å². The van der Waals surface area contributed by atoms with Crippen LogP contribution in [0.5, 0.6) is 0 Å². The van der Waals surface area contributed by atoms with Crippen molar-refractivity contribution in [2.75, 3.05) is 26.2 Å². The van der Waals surface area contributed by atoms with E-state index in [0.717, 1.165) is 18.2 Å². The van der Waals surface area contributed by atoms with Crippen molar-refractivity contribution in [1.82, 2.24) is 10.2 Å². The fourth-order valence-electron chi connectivity index (χ4n) is 2.46. The van der Waals surface area contributed by atoms with Crippen molar-refractivity contribution in [2.24, 2.45) is 0 Å². The molecule has 1 fully saturated rings. The Balaban J connectivity index is 0.00000200. The summed E-state index contributed by atoms with van der Waals surface area (Å²) in [4.78, 5) is 1.87. The largest absolute Gasteiger partial charge is 0.416 e. The Hall–Kier alpha value is -0.850. The molecule has 1 aliphatic rings. The third-order valence-electron chi connectivity index (χ3n) is 3.48. The first-order valence-corrected chi connectivity index (χ1v) is 6.21. The summed E-state index contributed by atoms with van der Waals surface area (Å²) in [5.74, 6) is -0.791. The summed E-state index contributed by atoms with van der Waals surface area (Å²) in [6, 6.07) is 2.55. The summed E-state index contributed by atoms with van der Waals surface area (Å²) in [5, 5.41) is 3.12. The van der Waals surface area contributed by atoms with E-state index in [0.29, 0.717) is 26.2 Å². The van der Waals surface area contributed by atoms with Crippen LogP contribution >= 0.6 is 12.4 Å². The maximum atomic E-state index is 13.8. The number of nitrogens with one attached hydrogen (secondary N) is 1. The van der Waals surface area contributed by atoms with Crippen LogP contribution in [0.25, 0.3) is 0 Å². The third kappa shape index (κ3) is 3.62. The summed E-state index contributed by atoms with van der Waals surface area (Å²) >= 11 is 0. The van der Waals surface area contributed by atoms with E-state index in [1.165, 1.54) is 0 Å². The Kier molecular flexibility index (Phi) is 5.79.